The van der Waals surface area contributed by atoms with E-state index in [0.29, 0.717) is 12.1 Å². The van der Waals surface area contributed by atoms with Crippen LogP contribution in [0.3, 0.4) is 0 Å². The van der Waals surface area contributed by atoms with E-state index in [1.165, 1.54) is 44.6 Å². The number of phosphoric ester groups is 1. The molecule has 0 saturated heterocycles. The van der Waals surface area contributed by atoms with Crippen LogP contribution in [0.2, 0.25) is 0 Å². The monoisotopic (exact) mass is 925 g/mol. The Bertz CT molecular complexity index is 1980. The summed E-state index contributed by atoms with van der Waals surface area (Å²) in [6, 6.07) is 7.36. The summed E-state index contributed by atoms with van der Waals surface area (Å²) in [5.74, 6) is -0.418. The minimum absolute atomic E-state index is 0.279. The van der Waals surface area contributed by atoms with E-state index in [0.717, 1.165) is 114 Å². The fourth-order valence-corrected chi connectivity index (χ4v) is 8.30. The van der Waals surface area contributed by atoms with Gasteiger partial charge in [0.25, 0.3) is 5.91 Å². The summed E-state index contributed by atoms with van der Waals surface area (Å²) >= 11 is 0. The molecule has 0 aliphatic rings. The second kappa shape index (κ2) is 33.0. The first kappa shape index (κ1) is 58.4. The number of anilines is 1. The van der Waals surface area contributed by atoms with Gasteiger partial charge >= 0.3 is 15.6 Å². The van der Waals surface area contributed by atoms with Gasteiger partial charge in [0.05, 0.1) is 12.2 Å². The summed E-state index contributed by atoms with van der Waals surface area (Å²) in [5.41, 5.74) is 19.0. The lowest BCUT2D eigenvalue weighted by Crippen LogP contribution is -2.15. The summed E-state index contributed by atoms with van der Waals surface area (Å²) < 4.78 is 30.6. The van der Waals surface area contributed by atoms with E-state index in [1.807, 2.05) is 25.1 Å². The summed E-state index contributed by atoms with van der Waals surface area (Å²) in [6.07, 6.45) is 36.9. The van der Waals surface area contributed by atoms with Gasteiger partial charge in [0.1, 0.15) is 0 Å². The molecule has 0 radical (unpaired) electrons. The highest BCUT2D eigenvalue weighted by atomic mass is 31.3. The molecule has 0 aromatic heterocycles. The van der Waals surface area contributed by atoms with Crippen LogP contribution in [0.15, 0.2) is 129 Å². The van der Waals surface area contributed by atoms with E-state index in [4.69, 9.17) is 15.5 Å². The number of hydrogen-bond acceptors (Lipinski definition) is 6. The number of carbonyl (C=O) groups is 1. The number of carbonyl (C=O) groups excluding carboxylic acids is 1. The van der Waals surface area contributed by atoms with E-state index >= 15 is 0 Å². The van der Waals surface area contributed by atoms with Gasteiger partial charge in [-0.2, -0.15) is 4.31 Å². The van der Waals surface area contributed by atoms with Gasteiger partial charge in [0, 0.05) is 12.2 Å². The Hall–Kier alpha value is -3.59. The van der Waals surface area contributed by atoms with Crippen molar-refractivity contribution in [3.63, 3.8) is 0 Å². The SMILES string of the molecule is C/C(=C\CC/C(C)=C/CC/C(C)=C/CC/C(C)=C/CC/C(C)=C/COP(=O)(O)OP(=O)(O)O)CC/C=C(\C)CC/C=C(\C)CC/C=C(\C)CC/C=C(\C)CNc1ccccc1C(N)=O. The fourth-order valence-electron chi connectivity index (χ4n) is 6.78. The largest absolute Gasteiger partial charge is 0.481 e. The number of rotatable bonds is 33. The van der Waals surface area contributed by atoms with Crippen LogP contribution in [0.1, 0.15) is 175 Å². The number of benzene rings is 1. The Morgan fingerprint density at radius 1 is 0.516 bits per heavy atom. The Morgan fingerprint density at radius 3 is 1.12 bits per heavy atom. The van der Waals surface area contributed by atoms with Crippen molar-refractivity contribution < 1.29 is 37.4 Å². The van der Waals surface area contributed by atoms with Crippen molar-refractivity contribution in [1.82, 2.24) is 0 Å². The van der Waals surface area contributed by atoms with Crippen LogP contribution in [-0.4, -0.2) is 33.7 Å². The first-order valence-electron chi connectivity index (χ1n) is 22.9. The smallest absolute Gasteiger partial charge is 0.381 e. The van der Waals surface area contributed by atoms with Crippen LogP contribution in [-0.2, 0) is 18.0 Å². The number of phosphoric acid groups is 2. The molecule has 0 saturated carbocycles. The van der Waals surface area contributed by atoms with Crippen LogP contribution in [0.25, 0.3) is 0 Å². The first-order valence-corrected chi connectivity index (χ1v) is 26.0. The minimum atomic E-state index is -5.11. The molecule has 1 atom stereocenters. The van der Waals surface area contributed by atoms with Gasteiger partial charge in [0.2, 0.25) is 0 Å². The van der Waals surface area contributed by atoms with Crippen LogP contribution in [0.5, 0.6) is 0 Å². The summed E-state index contributed by atoms with van der Waals surface area (Å²) in [5, 5.41) is 3.33. The molecule has 10 nitrogen and oxygen atoms in total. The first-order chi connectivity index (χ1) is 30.2. The van der Waals surface area contributed by atoms with E-state index < -0.39 is 21.6 Å². The third-order valence-electron chi connectivity index (χ3n) is 10.9. The Balaban J connectivity index is 2.26. The van der Waals surface area contributed by atoms with Crippen LogP contribution < -0.4 is 11.1 Å². The van der Waals surface area contributed by atoms with Gasteiger partial charge < -0.3 is 25.7 Å². The quantitative estimate of drug-likeness (QED) is 0.0340. The second-order valence-electron chi connectivity index (χ2n) is 17.4. The topological polar surface area (TPSA) is 168 Å². The Morgan fingerprint density at radius 2 is 0.812 bits per heavy atom. The highest BCUT2D eigenvalue weighted by Crippen LogP contribution is 2.57. The predicted octanol–water partition coefficient (Wildman–Crippen LogP) is 15.2. The van der Waals surface area contributed by atoms with Gasteiger partial charge in [-0.05, 0) is 177 Å². The van der Waals surface area contributed by atoms with Crippen LogP contribution >= 0.6 is 15.6 Å². The van der Waals surface area contributed by atoms with E-state index in [2.05, 4.69) is 118 Å². The number of amides is 1. The lowest BCUT2D eigenvalue weighted by Gasteiger charge is -2.11. The molecule has 358 valence electrons. The Kier molecular flexibility index (Phi) is 30.1. The molecule has 0 fully saturated rings. The number of hydrogen-bond donors (Lipinski definition) is 5. The molecular weight excluding hydrogens is 843 g/mol. The van der Waals surface area contributed by atoms with Crippen molar-refractivity contribution >= 4 is 27.2 Å². The van der Waals surface area contributed by atoms with E-state index in [-0.39, 0.29) is 6.61 Å². The number of para-hydroxylation sites is 1. The average Bonchev–Trinajstić information content (AvgIpc) is 3.19. The molecule has 6 N–H and O–H groups in total. The highest BCUT2D eigenvalue weighted by Gasteiger charge is 2.31. The van der Waals surface area contributed by atoms with Crippen molar-refractivity contribution in [1.29, 1.82) is 0 Å². The van der Waals surface area contributed by atoms with Gasteiger partial charge in [-0.15, -0.1) is 0 Å². The molecule has 0 spiro atoms. The van der Waals surface area contributed by atoms with Gasteiger partial charge in [-0.25, -0.2) is 9.13 Å². The molecule has 1 aromatic carbocycles. The number of allylic oxidation sites excluding steroid dienone is 16. The molecule has 0 heterocycles. The second-order valence-corrected chi connectivity index (χ2v) is 20.2. The summed E-state index contributed by atoms with van der Waals surface area (Å²) in [4.78, 5) is 38.3. The molecule has 0 bridgehead atoms. The van der Waals surface area contributed by atoms with Crippen molar-refractivity contribution in [2.45, 2.75) is 165 Å². The van der Waals surface area contributed by atoms with Crippen LogP contribution in [0.4, 0.5) is 5.69 Å². The molecule has 64 heavy (non-hydrogen) atoms. The predicted molar refractivity (Wildman–Crippen MR) is 270 cm³/mol. The molecule has 1 unspecified atom stereocenters. The zero-order valence-corrected chi connectivity index (χ0v) is 42.4. The minimum Gasteiger partial charge on any atom is -0.381 e. The van der Waals surface area contributed by atoms with Crippen molar-refractivity contribution in [2.24, 2.45) is 5.73 Å². The average molecular weight is 925 g/mol. The van der Waals surface area contributed by atoms with Crippen molar-refractivity contribution in [2.75, 3.05) is 18.5 Å². The van der Waals surface area contributed by atoms with Crippen LogP contribution in [0, 0.1) is 0 Å². The molecule has 0 aliphatic carbocycles. The van der Waals surface area contributed by atoms with Crippen molar-refractivity contribution in [3.8, 4) is 0 Å². The molecular formula is C52H82N2O8P2. The fraction of sp³-hybridized carbons (Fsp3) is 0.519. The third kappa shape index (κ3) is 32.1. The molecule has 12 heteroatoms. The normalized spacial score (nSPS) is 15.5. The maximum Gasteiger partial charge on any atom is 0.481 e. The van der Waals surface area contributed by atoms with Gasteiger partial charge in [0.15, 0.2) is 0 Å². The molecule has 1 aromatic rings. The number of nitrogens with one attached hydrogen (secondary N) is 1. The molecule has 1 amide bonds. The Labute approximate surface area is 387 Å². The maximum absolute atomic E-state index is 11.6. The van der Waals surface area contributed by atoms with Crippen molar-refractivity contribution in [3.05, 3.63) is 135 Å². The van der Waals surface area contributed by atoms with E-state index in [9.17, 15) is 18.8 Å². The maximum atomic E-state index is 11.6. The number of nitrogens with two attached hydrogens (primary N) is 1. The lowest BCUT2D eigenvalue weighted by molar-refractivity contribution is 0.100. The number of primary amides is 1. The third-order valence-corrected chi connectivity index (χ3v) is 13.0. The zero-order chi connectivity index (χ0) is 48.0. The van der Waals surface area contributed by atoms with Gasteiger partial charge in [-0.1, -0.05) is 117 Å². The molecule has 0 aliphatic heterocycles. The summed E-state index contributed by atoms with van der Waals surface area (Å²) in [6.45, 7) is 20.0. The zero-order valence-electron chi connectivity index (χ0n) is 40.6. The standard InChI is InChI=1S/C52H82N2O8P2/c1-41(20-12-22-42(2)24-14-26-44(4)28-16-30-46(6)32-18-34-48(8)38-39-61-64(59,60)62-63(56,57)58)21-13-23-43(3)25-15-27-45(5)29-17-31-47(7)33-19-35-49(9)40-54-51-37-11-10-36-50(51)52(53)55/h10-11,20,23-24,27-28,31-32,35-38,54H,12-19,21-22,25-26,29-30,33-34,39-40H2,1-9H3,(H2,53,55)(H,59,60)(H2,56,57,58)/b41-20+,42-24+,43-23+,44-28+,45-27+,46-32+,47-31+,48-38+,49-35+. The van der Waals surface area contributed by atoms with E-state index in [1.54, 1.807) is 12.1 Å². The molecule has 1 rings (SSSR count). The lowest BCUT2D eigenvalue weighted by atomic mass is 10.0. The highest BCUT2D eigenvalue weighted by molar-refractivity contribution is 7.60. The summed E-state index contributed by atoms with van der Waals surface area (Å²) in [7, 11) is -9.93. The van der Waals surface area contributed by atoms with Gasteiger partial charge in [-0.3, -0.25) is 9.32 Å².